The van der Waals surface area contributed by atoms with Gasteiger partial charge in [-0.2, -0.15) is 5.10 Å². The van der Waals surface area contributed by atoms with E-state index in [2.05, 4.69) is 20.2 Å². The van der Waals surface area contributed by atoms with Crippen LogP contribution in [-0.4, -0.2) is 37.3 Å². The van der Waals surface area contributed by atoms with Crippen molar-refractivity contribution in [2.45, 2.75) is 26.8 Å². The maximum atomic E-state index is 11.5. The summed E-state index contributed by atoms with van der Waals surface area (Å²) in [6.45, 7) is 5.27. The predicted octanol–water partition coefficient (Wildman–Crippen LogP) is -0.247. The van der Waals surface area contributed by atoms with Crippen LogP contribution in [0, 0.1) is 13.8 Å². The normalized spacial score (nSPS) is 13.3. The van der Waals surface area contributed by atoms with E-state index in [1.807, 2.05) is 20.8 Å². The molecule has 0 saturated heterocycles. The number of H-pyrrole nitrogens is 1. The summed E-state index contributed by atoms with van der Waals surface area (Å²) in [5.74, 6) is -0.382. The molecule has 1 amide bonds. The van der Waals surface area contributed by atoms with E-state index in [9.17, 15) is 13.2 Å². The monoisotopic (exact) mass is 274 g/mol. The van der Waals surface area contributed by atoms with Gasteiger partial charge in [-0.05, 0) is 20.8 Å². The second-order valence-corrected chi connectivity index (χ2v) is 6.06. The standard InChI is InChI=1S/C10H18N4O3S/c1-6(10-7(2)13-14-8(10)3)12-9(15)5-11-18(4,16)17/h6,11H,5H2,1-4H3,(H,12,15)(H,13,14)/t6-/m0/s1. The number of aryl methyl sites for hydroxylation is 2. The van der Waals surface area contributed by atoms with Crippen molar-refractivity contribution in [2.75, 3.05) is 12.8 Å². The number of nitrogens with one attached hydrogen (secondary N) is 3. The van der Waals surface area contributed by atoms with Crippen molar-refractivity contribution in [1.29, 1.82) is 0 Å². The average Bonchev–Trinajstić information content (AvgIpc) is 2.54. The van der Waals surface area contributed by atoms with E-state index in [-0.39, 0.29) is 18.5 Å². The minimum absolute atomic E-state index is 0.224. The smallest absolute Gasteiger partial charge is 0.235 e. The Morgan fingerprint density at radius 3 is 2.50 bits per heavy atom. The lowest BCUT2D eigenvalue weighted by molar-refractivity contribution is -0.120. The number of sulfonamides is 1. The van der Waals surface area contributed by atoms with Crippen molar-refractivity contribution in [3.63, 3.8) is 0 Å². The highest BCUT2D eigenvalue weighted by atomic mass is 32.2. The van der Waals surface area contributed by atoms with Gasteiger partial charge < -0.3 is 5.32 Å². The van der Waals surface area contributed by atoms with Crippen LogP contribution in [0.2, 0.25) is 0 Å². The van der Waals surface area contributed by atoms with Crippen LogP contribution in [0.15, 0.2) is 0 Å². The second kappa shape index (κ2) is 5.49. The summed E-state index contributed by atoms with van der Waals surface area (Å²) in [5.41, 5.74) is 2.62. The van der Waals surface area contributed by atoms with Crippen molar-refractivity contribution in [3.05, 3.63) is 17.0 Å². The third-order valence-corrected chi connectivity index (χ3v) is 3.16. The number of nitrogens with zero attached hydrogens (tertiary/aromatic N) is 1. The third kappa shape index (κ3) is 4.11. The minimum Gasteiger partial charge on any atom is -0.348 e. The first-order valence-corrected chi connectivity index (χ1v) is 7.35. The molecule has 1 rings (SSSR count). The SMILES string of the molecule is Cc1n[nH]c(C)c1[C@H](C)NC(=O)CNS(C)(=O)=O. The molecule has 1 heterocycles. The zero-order valence-electron chi connectivity index (χ0n) is 10.9. The van der Waals surface area contributed by atoms with Crippen LogP contribution >= 0.6 is 0 Å². The molecule has 7 nitrogen and oxygen atoms in total. The number of aromatic nitrogens is 2. The van der Waals surface area contributed by atoms with Crippen LogP contribution < -0.4 is 10.0 Å². The van der Waals surface area contributed by atoms with E-state index in [0.717, 1.165) is 23.2 Å². The van der Waals surface area contributed by atoms with Gasteiger partial charge in [-0.15, -0.1) is 0 Å². The molecule has 0 aliphatic carbocycles. The fourth-order valence-electron chi connectivity index (χ4n) is 1.76. The quantitative estimate of drug-likeness (QED) is 0.689. The molecule has 3 N–H and O–H groups in total. The molecule has 0 aromatic carbocycles. The largest absolute Gasteiger partial charge is 0.348 e. The van der Waals surface area contributed by atoms with E-state index < -0.39 is 10.0 Å². The first-order valence-electron chi connectivity index (χ1n) is 5.46. The highest BCUT2D eigenvalue weighted by molar-refractivity contribution is 7.88. The second-order valence-electron chi connectivity index (χ2n) is 4.23. The Morgan fingerprint density at radius 1 is 1.44 bits per heavy atom. The number of rotatable bonds is 5. The van der Waals surface area contributed by atoms with Gasteiger partial charge in [-0.3, -0.25) is 9.89 Å². The molecular weight excluding hydrogens is 256 g/mol. The number of hydrogen-bond donors (Lipinski definition) is 3. The Hall–Kier alpha value is -1.41. The maximum absolute atomic E-state index is 11.5. The first-order chi connectivity index (χ1) is 8.20. The van der Waals surface area contributed by atoms with E-state index in [1.165, 1.54) is 0 Å². The van der Waals surface area contributed by atoms with Gasteiger partial charge in [0.25, 0.3) is 0 Å². The molecule has 18 heavy (non-hydrogen) atoms. The van der Waals surface area contributed by atoms with Crippen molar-refractivity contribution in [1.82, 2.24) is 20.2 Å². The molecule has 0 bridgehead atoms. The molecule has 1 atom stereocenters. The number of carbonyl (C=O) groups is 1. The Morgan fingerprint density at radius 2 is 2.06 bits per heavy atom. The van der Waals surface area contributed by atoms with Crippen LogP contribution in [-0.2, 0) is 14.8 Å². The van der Waals surface area contributed by atoms with Gasteiger partial charge in [0.2, 0.25) is 15.9 Å². The predicted molar refractivity (Wildman–Crippen MR) is 67.5 cm³/mol. The van der Waals surface area contributed by atoms with E-state index in [4.69, 9.17) is 0 Å². The van der Waals surface area contributed by atoms with Gasteiger partial charge in [0, 0.05) is 11.3 Å². The lowest BCUT2D eigenvalue weighted by Gasteiger charge is -2.14. The number of aromatic amines is 1. The average molecular weight is 274 g/mol. The molecule has 0 saturated carbocycles. The summed E-state index contributed by atoms with van der Waals surface area (Å²) in [6, 6.07) is -0.224. The third-order valence-electron chi connectivity index (χ3n) is 2.49. The van der Waals surface area contributed by atoms with Gasteiger partial charge in [0.05, 0.1) is 24.5 Å². The minimum atomic E-state index is -3.35. The summed E-state index contributed by atoms with van der Waals surface area (Å²) in [7, 11) is -3.35. The Balaban J connectivity index is 2.60. The fraction of sp³-hybridized carbons (Fsp3) is 0.600. The number of carbonyl (C=O) groups excluding carboxylic acids is 1. The van der Waals surface area contributed by atoms with Crippen LogP contribution in [0.3, 0.4) is 0 Å². The van der Waals surface area contributed by atoms with Gasteiger partial charge in [-0.25, -0.2) is 13.1 Å². The number of amides is 1. The first kappa shape index (κ1) is 14.7. The van der Waals surface area contributed by atoms with Gasteiger partial charge >= 0.3 is 0 Å². The number of hydrogen-bond acceptors (Lipinski definition) is 4. The lowest BCUT2D eigenvalue weighted by Crippen LogP contribution is -2.37. The van der Waals surface area contributed by atoms with Crippen molar-refractivity contribution < 1.29 is 13.2 Å². The molecule has 0 aliphatic rings. The van der Waals surface area contributed by atoms with Gasteiger partial charge in [-0.1, -0.05) is 0 Å². The van der Waals surface area contributed by atoms with Gasteiger partial charge in [0.15, 0.2) is 0 Å². The topological polar surface area (TPSA) is 104 Å². The van der Waals surface area contributed by atoms with Crippen LogP contribution in [0.5, 0.6) is 0 Å². The van der Waals surface area contributed by atoms with Crippen molar-refractivity contribution in [2.24, 2.45) is 0 Å². The lowest BCUT2D eigenvalue weighted by atomic mass is 10.1. The highest BCUT2D eigenvalue weighted by Crippen LogP contribution is 2.18. The molecule has 0 spiro atoms. The van der Waals surface area contributed by atoms with E-state index in [0.29, 0.717) is 0 Å². The molecule has 0 unspecified atom stereocenters. The molecule has 0 radical (unpaired) electrons. The van der Waals surface area contributed by atoms with Crippen LogP contribution in [0.1, 0.15) is 29.9 Å². The van der Waals surface area contributed by atoms with E-state index in [1.54, 1.807) is 0 Å². The van der Waals surface area contributed by atoms with Crippen molar-refractivity contribution >= 4 is 15.9 Å². The summed E-state index contributed by atoms with van der Waals surface area (Å²) in [4.78, 5) is 11.5. The fourth-order valence-corrected chi connectivity index (χ4v) is 2.15. The summed E-state index contributed by atoms with van der Waals surface area (Å²) in [5, 5.41) is 9.59. The molecule has 102 valence electrons. The highest BCUT2D eigenvalue weighted by Gasteiger charge is 2.16. The zero-order chi connectivity index (χ0) is 13.9. The van der Waals surface area contributed by atoms with Crippen molar-refractivity contribution in [3.8, 4) is 0 Å². The molecule has 8 heteroatoms. The maximum Gasteiger partial charge on any atom is 0.235 e. The Labute approximate surface area is 106 Å². The molecule has 1 aromatic heterocycles. The summed E-state index contributed by atoms with van der Waals surface area (Å²) in [6.07, 6.45) is 1.01. The van der Waals surface area contributed by atoms with Gasteiger partial charge in [0.1, 0.15) is 0 Å². The molecule has 0 fully saturated rings. The summed E-state index contributed by atoms with van der Waals surface area (Å²) < 4.78 is 23.8. The van der Waals surface area contributed by atoms with Crippen LogP contribution in [0.25, 0.3) is 0 Å². The molecule has 0 aliphatic heterocycles. The Kier molecular flexibility index (Phi) is 4.47. The van der Waals surface area contributed by atoms with E-state index >= 15 is 0 Å². The van der Waals surface area contributed by atoms with Crippen LogP contribution in [0.4, 0.5) is 0 Å². The molecular formula is C10H18N4O3S. The molecule has 1 aromatic rings. The zero-order valence-corrected chi connectivity index (χ0v) is 11.7. The summed E-state index contributed by atoms with van der Waals surface area (Å²) >= 11 is 0. The Bertz CT molecular complexity index is 516.